The molecule has 0 aromatic rings. The molecule has 2 amide bonds. The summed E-state index contributed by atoms with van der Waals surface area (Å²) in [7, 11) is 0. The van der Waals surface area contributed by atoms with Gasteiger partial charge in [-0.05, 0) is 48.0 Å². The smallest absolute Gasteiger partial charge is 0.410 e. The Kier molecular flexibility index (Phi) is 5.74. The van der Waals surface area contributed by atoms with E-state index < -0.39 is 34.9 Å². The van der Waals surface area contributed by atoms with Crippen LogP contribution in [0.15, 0.2) is 0 Å². The van der Waals surface area contributed by atoms with E-state index in [1.165, 1.54) is 4.90 Å². The predicted octanol–water partition coefficient (Wildman–Crippen LogP) is 2.37. The van der Waals surface area contributed by atoms with Crippen LogP contribution in [0.5, 0.6) is 0 Å². The molecule has 2 N–H and O–H groups in total. The zero-order chi connectivity index (χ0) is 18.8. The van der Waals surface area contributed by atoms with E-state index in [0.717, 1.165) is 0 Å². The fourth-order valence-corrected chi connectivity index (χ4v) is 2.45. The average Bonchev–Trinajstić information content (AvgIpc) is 2.66. The molecule has 24 heavy (non-hydrogen) atoms. The second-order valence-electron chi connectivity index (χ2n) is 8.13. The first-order valence-corrected chi connectivity index (χ1v) is 7.92. The van der Waals surface area contributed by atoms with Crippen molar-refractivity contribution in [2.45, 2.75) is 71.1 Å². The van der Waals surface area contributed by atoms with E-state index in [1.807, 2.05) is 0 Å². The van der Waals surface area contributed by atoms with E-state index in [-0.39, 0.29) is 13.0 Å². The van der Waals surface area contributed by atoms with Gasteiger partial charge in [-0.25, -0.2) is 9.59 Å². The van der Waals surface area contributed by atoms with Crippen molar-refractivity contribution in [2.75, 3.05) is 13.1 Å². The van der Waals surface area contributed by atoms with Crippen molar-refractivity contribution >= 4 is 18.2 Å². The van der Waals surface area contributed by atoms with Crippen molar-refractivity contribution in [1.29, 1.82) is 0 Å². The van der Waals surface area contributed by atoms with E-state index in [9.17, 15) is 14.4 Å². The zero-order valence-corrected chi connectivity index (χ0v) is 15.3. The first-order chi connectivity index (χ1) is 10.7. The van der Waals surface area contributed by atoms with Crippen LogP contribution in [-0.4, -0.2) is 58.0 Å². The van der Waals surface area contributed by atoms with E-state index in [1.54, 1.807) is 41.5 Å². The van der Waals surface area contributed by atoms with Gasteiger partial charge in [0.2, 0.25) is 0 Å². The molecule has 138 valence electrons. The molecule has 0 aromatic carbocycles. The van der Waals surface area contributed by atoms with Gasteiger partial charge in [0.1, 0.15) is 11.2 Å². The topological polar surface area (TPSA) is 105 Å². The summed E-state index contributed by atoms with van der Waals surface area (Å²) in [5, 5.41) is 11.8. The van der Waals surface area contributed by atoms with Crippen LogP contribution in [-0.2, 0) is 14.3 Å². The highest BCUT2D eigenvalue weighted by atomic mass is 16.6. The maximum absolute atomic E-state index is 12.2. The molecular formula is C16H28N2O6. The molecule has 1 aliphatic rings. The second-order valence-corrected chi connectivity index (χ2v) is 8.13. The van der Waals surface area contributed by atoms with E-state index in [4.69, 9.17) is 14.6 Å². The number of carbonyl (C=O) groups excluding carboxylic acids is 2. The maximum Gasteiger partial charge on any atom is 0.410 e. The minimum absolute atomic E-state index is 0.0630. The van der Waals surface area contributed by atoms with Crippen molar-refractivity contribution in [3.8, 4) is 0 Å². The quantitative estimate of drug-likeness (QED) is 0.814. The number of ether oxygens (including phenoxy) is 2. The lowest BCUT2D eigenvalue weighted by Gasteiger charge is -2.31. The molecule has 0 bridgehead atoms. The van der Waals surface area contributed by atoms with Crippen LogP contribution in [0.4, 0.5) is 9.59 Å². The summed E-state index contributed by atoms with van der Waals surface area (Å²) >= 11 is 0. The van der Waals surface area contributed by atoms with Gasteiger partial charge in [-0.3, -0.25) is 4.79 Å². The van der Waals surface area contributed by atoms with Gasteiger partial charge in [-0.1, -0.05) is 0 Å². The standard InChI is InChI=1S/C16H28N2O6/c1-14(2,3)23-12(21)17-16(9-11(19)20)7-8-18(10-16)13(22)24-15(4,5)6/h7-10H2,1-6H3,(H,17,21)(H,19,20). The number of likely N-dealkylation sites (tertiary alicyclic amines) is 1. The molecule has 8 nitrogen and oxygen atoms in total. The average molecular weight is 344 g/mol. The highest BCUT2D eigenvalue weighted by Gasteiger charge is 2.44. The summed E-state index contributed by atoms with van der Waals surface area (Å²) in [5.74, 6) is -1.06. The van der Waals surface area contributed by atoms with Crippen LogP contribution < -0.4 is 5.32 Å². The van der Waals surface area contributed by atoms with Gasteiger partial charge in [-0.15, -0.1) is 0 Å². The van der Waals surface area contributed by atoms with Crippen LogP contribution in [0.2, 0.25) is 0 Å². The summed E-state index contributed by atoms with van der Waals surface area (Å²) < 4.78 is 10.5. The Morgan fingerprint density at radius 1 is 1.08 bits per heavy atom. The van der Waals surface area contributed by atoms with Gasteiger partial charge < -0.3 is 24.8 Å². The highest BCUT2D eigenvalue weighted by molar-refractivity contribution is 5.74. The van der Waals surface area contributed by atoms with Crippen molar-refractivity contribution in [2.24, 2.45) is 0 Å². The van der Waals surface area contributed by atoms with E-state index in [2.05, 4.69) is 5.32 Å². The normalized spacial score (nSPS) is 21.3. The lowest BCUT2D eigenvalue weighted by Crippen LogP contribution is -2.53. The molecule has 0 radical (unpaired) electrons. The summed E-state index contributed by atoms with van der Waals surface area (Å²) in [4.78, 5) is 36.8. The molecule has 0 spiro atoms. The molecule has 0 saturated carbocycles. The first-order valence-electron chi connectivity index (χ1n) is 7.92. The Labute approximate surface area is 142 Å². The van der Waals surface area contributed by atoms with Crippen LogP contribution in [0.3, 0.4) is 0 Å². The van der Waals surface area contributed by atoms with E-state index in [0.29, 0.717) is 13.0 Å². The molecule has 0 aromatic heterocycles. The molecule has 1 aliphatic heterocycles. The molecular weight excluding hydrogens is 316 g/mol. The van der Waals surface area contributed by atoms with Crippen molar-refractivity contribution < 1.29 is 29.0 Å². The third kappa shape index (κ3) is 6.64. The minimum Gasteiger partial charge on any atom is -0.481 e. The number of aliphatic carboxylic acids is 1. The number of nitrogens with one attached hydrogen (secondary N) is 1. The Morgan fingerprint density at radius 3 is 2.08 bits per heavy atom. The largest absolute Gasteiger partial charge is 0.481 e. The van der Waals surface area contributed by atoms with Gasteiger partial charge >= 0.3 is 18.2 Å². The van der Waals surface area contributed by atoms with Gasteiger partial charge in [0.15, 0.2) is 0 Å². The number of carboxylic acids is 1. The molecule has 0 aliphatic carbocycles. The minimum atomic E-state index is -1.06. The molecule has 8 heteroatoms. The summed E-state index contributed by atoms with van der Waals surface area (Å²) in [6.07, 6.45) is -1.21. The second kappa shape index (κ2) is 6.86. The predicted molar refractivity (Wildman–Crippen MR) is 86.8 cm³/mol. The number of rotatable bonds is 3. The van der Waals surface area contributed by atoms with E-state index >= 15 is 0 Å². The Hall–Kier alpha value is -1.99. The third-order valence-corrected chi connectivity index (χ3v) is 3.26. The Morgan fingerprint density at radius 2 is 1.62 bits per heavy atom. The van der Waals surface area contributed by atoms with Gasteiger partial charge in [0, 0.05) is 13.1 Å². The molecule has 1 saturated heterocycles. The van der Waals surface area contributed by atoms with Crippen LogP contribution in [0.1, 0.15) is 54.4 Å². The molecule has 1 fully saturated rings. The zero-order valence-electron chi connectivity index (χ0n) is 15.3. The monoisotopic (exact) mass is 344 g/mol. The highest BCUT2D eigenvalue weighted by Crippen LogP contribution is 2.27. The molecule has 1 rings (SSSR count). The Balaban J connectivity index is 2.82. The number of amides is 2. The maximum atomic E-state index is 12.2. The number of hydrogen-bond donors (Lipinski definition) is 2. The summed E-state index contributed by atoms with van der Waals surface area (Å²) in [5.41, 5.74) is -2.41. The van der Waals surface area contributed by atoms with Crippen LogP contribution in [0, 0.1) is 0 Å². The molecule has 1 heterocycles. The fraction of sp³-hybridized carbons (Fsp3) is 0.812. The van der Waals surface area contributed by atoms with Gasteiger partial charge in [0.05, 0.1) is 12.0 Å². The summed E-state index contributed by atoms with van der Waals surface area (Å²) in [6.45, 7) is 10.8. The van der Waals surface area contributed by atoms with Crippen molar-refractivity contribution in [1.82, 2.24) is 10.2 Å². The van der Waals surface area contributed by atoms with Crippen molar-refractivity contribution in [3.05, 3.63) is 0 Å². The fourth-order valence-electron chi connectivity index (χ4n) is 2.45. The lowest BCUT2D eigenvalue weighted by atomic mass is 9.94. The van der Waals surface area contributed by atoms with Gasteiger partial charge in [-0.2, -0.15) is 0 Å². The number of carbonyl (C=O) groups is 3. The van der Waals surface area contributed by atoms with Crippen LogP contribution >= 0.6 is 0 Å². The van der Waals surface area contributed by atoms with Crippen molar-refractivity contribution in [3.63, 3.8) is 0 Å². The van der Waals surface area contributed by atoms with Crippen LogP contribution in [0.25, 0.3) is 0 Å². The summed E-state index contributed by atoms with van der Waals surface area (Å²) in [6, 6.07) is 0. The number of hydrogen-bond acceptors (Lipinski definition) is 5. The SMILES string of the molecule is CC(C)(C)OC(=O)NC1(CC(=O)O)CCN(C(=O)OC(C)(C)C)C1. The number of alkyl carbamates (subject to hydrolysis) is 1. The molecule has 1 unspecified atom stereocenters. The Bertz CT molecular complexity index is 506. The molecule has 1 atom stereocenters. The lowest BCUT2D eigenvalue weighted by molar-refractivity contribution is -0.138. The third-order valence-electron chi connectivity index (χ3n) is 3.26. The number of nitrogens with zero attached hydrogens (tertiary/aromatic N) is 1. The number of carboxylic acid groups (broad SMARTS) is 1. The first kappa shape index (κ1) is 20.1. The van der Waals surface area contributed by atoms with Gasteiger partial charge in [0.25, 0.3) is 0 Å².